The third kappa shape index (κ3) is 1.51. The summed E-state index contributed by atoms with van der Waals surface area (Å²) < 4.78 is 0. The van der Waals surface area contributed by atoms with Crippen molar-refractivity contribution in [2.45, 2.75) is 13.3 Å². The molecule has 2 aromatic rings. The number of carbonyl (C=O) groups excluding carboxylic acids is 1. The molecule has 0 aliphatic rings. The molecule has 0 saturated carbocycles. The lowest BCUT2D eigenvalue weighted by Gasteiger charge is -2.02. The molecule has 2 nitrogen and oxygen atoms in total. The van der Waals surface area contributed by atoms with Crippen LogP contribution >= 0.6 is 0 Å². The number of pyridine rings is 1. The van der Waals surface area contributed by atoms with Crippen LogP contribution in [0, 0.1) is 6.92 Å². The molecule has 0 spiro atoms. The molecule has 70 valence electrons. The van der Waals surface area contributed by atoms with Crippen LogP contribution in [0.15, 0.2) is 30.5 Å². The highest BCUT2D eigenvalue weighted by molar-refractivity contribution is 5.82. The number of hydrogen-bond donors (Lipinski definition) is 0. The summed E-state index contributed by atoms with van der Waals surface area (Å²) in [4.78, 5) is 14.6. The van der Waals surface area contributed by atoms with Crippen molar-refractivity contribution in [3.8, 4) is 0 Å². The van der Waals surface area contributed by atoms with E-state index in [9.17, 15) is 4.79 Å². The fourth-order valence-corrected chi connectivity index (χ4v) is 1.55. The Labute approximate surface area is 82.6 Å². The second-order valence-electron chi connectivity index (χ2n) is 3.35. The number of carbonyl (C=O) groups is 1. The van der Waals surface area contributed by atoms with Crippen LogP contribution in [0.1, 0.15) is 11.1 Å². The minimum absolute atomic E-state index is 0.476. The molecule has 0 amide bonds. The van der Waals surface area contributed by atoms with Crippen LogP contribution in [-0.4, -0.2) is 11.3 Å². The summed E-state index contributed by atoms with van der Waals surface area (Å²) in [6.07, 6.45) is 3.20. The van der Waals surface area contributed by atoms with E-state index in [2.05, 4.69) is 11.9 Å². The summed E-state index contributed by atoms with van der Waals surface area (Å²) in [5, 5.41) is 1.13. The van der Waals surface area contributed by atoms with Gasteiger partial charge in [0.05, 0.1) is 5.52 Å². The van der Waals surface area contributed by atoms with Crippen molar-refractivity contribution < 1.29 is 4.79 Å². The minimum Gasteiger partial charge on any atom is -0.303 e. The van der Waals surface area contributed by atoms with Gasteiger partial charge in [-0.05, 0) is 36.2 Å². The van der Waals surface area contributed by atoms with Crippen LogP contribution in [0.25, 0.3) is 10.9 Å². The van der Waals surface area contributed by atoms with Crippen molar-refractivity contribution in [3.05, 3.63) is 41.6 Å². The number of benzene rings is 1. The van der Waals surface area contributed by atoms with Crippen molar-refractivity contribution in [1.82, 2.24) is 4.98 Å². The molecular weight excluding hydrogens is 174 g/mol. The molecule has 14 heavy (non-hydrogen) atoms. The maximum atomic E-state index is 10.4. The van der Waals surface area contributed by atoms with Crippen molar-refractivity contribution >= 4 is 17.2 Å². The summed E-state index contributed by atoms with van der Waals surface area (Å²) in [5.74, 6) is 0. The Morgan fingerprint density at radius 1 is 1.36 bits per heavy atom. The third-order valence-corrected chi connectivity index (χ3v) is 2.34. The molecule has 0 bridgehead atoms. The maximum Gasteiger partial charge on any atom is 0.124 e. The maximum absolute atomic E-state index is 10.4. The van der Waals surface area contributed by atoms with E-state index in [4.69, 9.17) is 0 Å². The summed E-state index contributed by atoms with van der Waals surface area (Å²) in [7, 11) is 0. The van der Waals surface area contributed by atoms with E-state index >= 15 is 0 Å². The van der Waals surface area contributed by atoms with E-state index in [1.807, 2.05) is 24.3 Å². The molecular formula is C12H11NO. The lowest BCUT2D eigenvalue weighted by atomic mass is 10.1. The van der Waals surface area contributed by atoms with E-state index in [-0.39, 0.29) is 0 Å². The summed E-state index contributed by atoms with van der Waals surface area (Å²) in [6.45, 7) is 2.05. The first-order valence-corrected chi connectivity index (χ1v) is 4.59. The topological polar surface area (TPSA) is 30.0 Å². The van der Waals surface area contributed by atoms with Crippen molar-refractivity contribution in [2.24, 2.45) is 0 Å². The van der Waals surface area contributed by atoms with Crippen LogP contribution in [0.3, 0.4) is 0 Å². The van der Waals surface area contributed by atoms with Gasteiger partial charge in [-0.15, -0.1) is 0 Å². The number of fused-ring (bicyclic) bond motifs is 1. The predicted octanol–water partition coefficient (Wildman–Crippen LogP) is 2.28. The van der Waals surface area contributed by atoms with Crippen molar-refractivity contribution in [1.29, 1.82) is 0 Å². The smallest absolute Gasteiger partial charge is 0.124 e. The van der Waals surface area contributed by atoms with E-state index < -0.39 is 0 Å². The number of nitrogens with zero attached hydrogens (tertiary/aromatic N) is 1. The number of aldehydes is 1. The Kier molecular flexibility index (Phi) is 2.27. The average Bonchev–Trinajstić information content (AvgIpc) is 2.20. The summed E-state index contributed by atoms with van der Waals surface area (Å²) in [6, 6.07) is 7.92. The number of rotatable bonds is 2. The lowest BCUT2D eigenvalue weighted by molar-refractivity contribution is -0.107. The van der Waals surface area contributed by atoms with Gasteiger partial charge in [0.2, 0.25) is 0 Å². The molecule has 1 aromatic heterocycles. The highest BCUT2D eigenvalue weighted by atomic mass is 16.1. The first-order valence-electron chi connectivity index (χ1n) is 4.59. The zero-order valence-electron chi connectivity index (χ0n) is 8.03. The number of aryl methyl sites for hydroxylation is 1. The van der Waals surface area contributed by atoms with Crippen LogP contribution in [-0.2, 0) is 11.2 Å². The number of aromatic nitrogens is 1. The van der Waals surface area contributed by atoms with Gasteiger partial charge in [0.25, 0.3) is 0 Å². The molecule has 0 aliphatic carbocycles. The Balaban J connectivity index is 2.63. The fraction of sp³-hybridized carbons (Fsp3) is 0.167. The molecule has 0 aliphatic heterocycles. The first kappa shape index (κ1) is 8.88. The zero-order valence-corrected chi connectivity index (χ0v) is 8.03. The molecule has 0 radical (unpaired) electrons. The van der Waals surface area contributed by atoms with E-state index in [1.165, 1.54) is 5.56 Å². The molecule has 1 aromatic carbocycles. The predicted molar refractivity (Wildman–Crippen MR) is 56.2 cm³/mol. The second kappa shape index (κ2) is 3.58. The van der Waals surface area contributed by atoms with E-state index in [1.54, 1.807) is 6.20 Å². The average molecular weight is 185 g/mol. The molecule has 0 saturated heterocycles. The normalized spacial score (nSPS) is 10.4. The lowest BCUT2D eigenvalue weighted by Crippen LogP contribution is -1.88. The summed E-state index contributed by atoms with van der Waals surface area (Å²) >= 11 is 0. The minimum atomic E-state index is 0.476. The van der Waals surface area contributed by atoms with Gasteiger partial charge in [0.1, 0.15) is 6.29 Å². The zero-order chi connectivity index (χ0) is 9.97. The molecule has 1 heterocycles. The molecule has 0 atom stereocenters. The molecule has 0 N–H and O–H groups in total. The fourth-order valence-electron chi connectivity index (χ4n) is 1.55. The van der Waals surface area contributed by atoms with Crippen LogP contribution in [0.4, 0.5) is 0 Å². The highest BCUT2D eigenvalue weighted by Gasteiger charge is 1.99. The molecule has 0 fully saturated rings. The largest absolute Gasteiger partial charge is 0.303 e. The Morgan fingerprint density at radius 3 is 3.00 bits per heavy atom. The van der Waals surface area contributed by atoms with Gasteiger partial charge in [-0.25, -0.2) is 0 Å². The first-order chi connectivity index (χ1) is 6.81. The van der Waals surface area contributed by atoms with Gasteiger partial charge in [-0.1, -0.05) is 6.07 Å². The number of hydrogen-bond acceptors (Lipinski definition) is 2. The van der Waals surface area contributed by atoms with Crippen molar-refractivity contribution in [3.63, 3.8) is 0 Å². The van der Waals surface area contributed by atoms with Crippen LogP contribution in [0.5, 0.6) is 0 Å². The molecule has 0 unspecified atom stereocenters. The van der Waals surface area contributed by atoms with Gasteiger partial charge >= 0.3 is 0 Å². The standard InChI is InChI=1S/C12H11NO/c1-9-4-6-13-12-3-2-10(5-7-14)8-11(9)12/h2-4,6-8H,5H2,1H3. The van der Waals surface area contributed by atoms with E-state index in [0.717, 1.165) is 22.8 Å². The van der Waals surface area contributed by atoms with Crippen LogP contribution in [0.2, 0.25) is 0 Å². The van der Waals surface area contributed by atoms with Gasteiger partial charge in [-0.2, -0.15) is 0 Å². The molecule has 2 heteroatoms. The van der Waals surface area contributed by atoms with Gasteiger partial charge in [0.15, 0.2) is 0 Å². The SMILES string of the molecule is Cc1ccnc2ccc(CC=O)cc12. The van der Waals surface area contributed by atoms with Gasteiger partial charge in [-0.3, -0.25) is 4.98 Å². The Morgan fingerprint density at radius 2 is 2.21 bits per heavy atom. The third-order valence-electron chi connectivity index (χ3n) is 2.34. The monoisotopic (exact) mass is 185 g/mol. The Hall–Kier alpha value is -1.70. The van der Waals surface area contributed by atoms with Gasteiger partial charge < -0.3 is 4.79 Å². The Bertz CT molecular complexity index is 477. The van der Waals surface area contributed by atoms with Gasteiger partial charge in [0, 0.05) is 18.0 Å². The second-order valence-corrected chi connectivity index (χ2v) is 3.35. The van der Waals surface area contributed by atoms with Crippen LogP contribution < -0.4 is 0 Å². The van der Waals surface area contributed by atoms with Crippen molar-refractivity contribution in [2.75, 3.05) is 0 Å². The highest BCUT2D eigenvalue weighted by Crippen LogP contribution is 2.17. The quantitative estimate of drug-likeness (QED) is 0.672. The molecule has 2 rings (SSSR count). The van der Waals surface area contributed by atoms with E-state index in [0.29, 0.717) is 6.42 Å². The summed E-state index contributed by atoms with van der Waals surface area (Å²) in [5.41, 5.74) is 3.23.